The van der Waals surface area contributed by atoms with Crippen molar-refractivity contribution in [3.05, 3.63) is 10.6 Å². The number of ether oxygens (including phenoxy) is 1. The summed E-state index contributed by atoms with van der Waals surface area (Å²) in [6, 6.07) is 0. The lowest BCUT2D eigenvalue weighted by Crippen LogP contribution is -2.23. The monoisotopic (exact) mass is 299 g/mol. The van der Waals surface area contributed by atoms with Crippen molar-refractivity contribution in [1.29, 1.82) is 0 Å². The van der Waals surface area contributed by atoms with Crippen molar-refractivity contribution >= 4 is 16.5 Å². The molecule has 1 rings (SSSR count). The number of hydrogen-bond donors (Lipinski definition) is 1. The van der Waals surface area contributed by atoms with Gasteiger partial charge in [-0.15, -0.1) is 11.3 Å². The second kappa shape index (κ2) is 9.32. The summed E-state index contributed by atoms with van der Waals surface area (Å²) in [5, 5.41) is 4.55. The van der Waals surface area contributed by atoms with Crippen LogP contribution in [0.4, 0.5) is 5.13 Å². The lowest BCUT2D eigenvalue weighted by Gasteiger charge is -2.19. The molecule has 116 valence electrons. The summed E-state index contributed by atoms with van der Waals surface area (Å²) in [6.07, 6.45) is 2.35. The van der Waals surface area contributed by atoms with E-state index < -0.39 is 0 Å². The molecule has 0 saturated carbocycles. The van der Waals surface area contributed by atoms with Gasteiger partial charge in [-0.1, -0.05) is 27.2 Å². The molecule has 0 bridgehead atoms. The van der Waals surface area contributed by atoms with Crippen molar-refractivity contribution < 1.29 is 4.74 Å². The molecule has 0 aromatic carbocycles. The van der Waals surface area contributed by atoms with E-state index in [1.165, 1.54) is 11.3 Å². The second-order valence-electron chi connectivity index (χ2n) is 5.37. The largest absolute Gasteiger partial charge is 0.378 e. The Hall–Kier alpha value is -0.650. The summed E-state index contributed by atoms with van der Waals surface area (Å²) < 4.78 is 5.27. The number of anilines is 1. The second-order valence-corrected chi connectivity index (χ2v) is 6.43. The van der Waals surface area contributed by atoms with Gasteiger partial charge in [0.25, 0.3) is 0 Å². The van der Waals surface area contributed by atoms with Gasteiger partial charge in [0.2, 0.25) is 0 Å². The summed E-state index contributed by atoms with van der Waals surface area (Å²) in [6.45, 7) is 10.3. The van der Waals surface area contributed by atoms with Crippen LogP contribution in [0.15, 0.2) is 0 Å². The van der Waals surface area contributed by atoms with Crippen LogP contribution in [0.1, 0.15) is 44.2 Å². The van der Waals surface area contributed by atoms with E-state index in [9.17, 15) is 0 Å². The fourth-order valence-electron chi connectivity index (χ4n) is 1.97. The highest BCUT2D eigenvalue weighted by atomic mass is 32.1. The highest BCUT2D eigenvalue weighted by Crippen LogP contribution is 2.27. The predicted octanol–water partition coefficient (Wildman–Crippen LogP) is 3.27. The maximum absolute atomic E-state index is 5.27. The molecule has 1 heterocycles. The molecule has 0 aliphatic carbocycles. The van der Waals surface area contributed by atoms with Crippen LogP contribution in [-0.2, 0) is 17.9 Å². The van der Waals surface area contributed by atoms with Crippen LogP contribution in [-0.4, -0.2) is 32.2 Å². The van der Waals surface area contributed by atoms with Crippen molar-refractivity contribution in [1.82, 2.24) is 10.3 Å². The molecule has 1 aromatic heterocycles. The van der Waals surface area contributed by atoms with Crippen molar-refractivity contribution in [2.24, 2.45) is 5.92 Å². The summed E-state index contributed by atoms with van der Waals surface area (Å²) in [7, 11) is 3.86. The Morgan fingerprint density at radius 3 is 2.75 bits per heavy atom. The highest BCUT2D eigenvalue weighted by Gasteiger charge is 2.15. The van der Waals surface area contributed by atoms with Crippen LogP contribution in [0.2, 0.25) is 0 Å². The number of nitrogens with one attached hydrogen (secondary N) is 1. The molecule has 5 heteroatoms. The molecular weight excluding hydrogens is 270 g/mol. The van der Waals surface area contributed by atoms with Gasteiger partial charge in [-0.2, -0.15) is 0 Å². The Labute approximate surface area is 127 Å². The molecule has 1 unspecified atom stereocenters. The molecule has 0 amide bonds. The van der Waals surface area contributed by atoms with Gasteiger partial charge in [0.15, 0.2) is 5.13 Å². The lowest BCUT2D eigenvalue weighted by atomic mass is 10.1. The maximum Gasteiger partial charge on any atom is 0.185 e. The number of nitrogens with zero attached hydrogens (tertiary/aromatic N) is 2. The Bertz CT molecular complexity index is 381. The normalized spacial score (nSPS) is 12.7. The van der Waals surface area contributed by atoms with E-state index in [0.717, 1.165) is 36.9 Å². The number of thiazole rings is 1. The molecule has 4 nitrogen and oxygen atoms in total. The number of aromatic nitrogens is 1. The predicted molar refractivity (Wildman–Crippen MR) is 87.5 cm³/mol. The Kier molecular flexibility index (Phi) is 8.11. The first-order chi connectivity index (χ1) is 9.62. The van der Waals surface area contributed by atoms with Crippen LogP contribution in [0.25, 0.3) is 0 Å². The van der Waals surface area contributed by atoms with E-state index in [1.807, 2.05) is 0 Å². The van der Waals surface area contributed by atoms with E-state index in [4.69, 9.17) is 9.72 Å². The van der Waals surface area contributed by atoms with Crippen molar-refractivity contribution in [2.45, 2.75) is 46.8 Å². The zero-order valence-electron chi connectivity index (χ0n) is 13.5. The van der Waals surface area contributed by atoms with Crippen molar-refractivity contribution in [3.63, 3.8) is 0 Å². The summed E-state index contributed by atoms with van der Waals surface area (Å²) in [4.78, 5) is 8.31. The van der Waals surface area contributed by atoms with Crippen molar-refractivity contribution in [3.8, 4) is 0 Å². The lowest BCUT2D eigenvalue weighted by molar-refractivity contribution is 0.181. The maximum atomic E-state index is 5.27. The fraction of sp³-hybridized carbons (Fsp3) is 0.800. The number of methoxy groups -OCH3 is 1. The van der Waals surface area contributed by atoms with Crippen LogP contribution in [0, 0.1) is 5.92 Å². The van der Waals surface area contributed by atoms with Gasteiger partial charge in [0.1, 0.15) is 0 Å². The average molecular weight is 299 g/mol. The Morgan fingerprint density at radius 1 is 1.40 bits per heavy atom. The fourth-order valence-corrected chi connectivity index (χ4v) is 2.98. The van der Waals surface area contributed by atoms with Gasteiger partial charge in [0, 0.05) is 32.1 Å². The molecule has 0 radical (unpaired) electrons. The van der Waals surface area contributed by atoms with Gasteiger partial charge in [-0.05, 0) is 18.9 Å². The van der Waals surface area contributed by atoms with E-state index in [-0.39, 0.29) is 0 Å². The number of hydrogen-bond acceptors (Lipinski definition) is 5. The van der Waals surface area contributed by atoms with Gasteiger partial charge >= 0.3 is 0 Å². The van der Waals surface area contributed by atoms with Crippen LogP contribution in [0.3, 0.4) is 0 Å². The standard InChI is InChI=1S/C15H29N3OS/c1-6-8-16-9-14-13(11-19-5)17-15(20-14)18(4)10-12(3)7-2/h12,16H,6-11H2,1-5H3. The number of rotatable bonds is 10. The molecule has 0 spiro atoms. The zero-order valence-corrected chi connectivity index (χ0v) is 14.3. The summed E-state index contributed by atoms with van der Waals surface area (Å²) >= 11 is 1.78. The molecular formula is C15H29N3OS. The van der Waals surface area contributed by atoms with Crippen LogP contribution in [0.5, 0.6) is 0 Å². The third kappa shape index (κ3) is 5.38. The van der Waals surface area contributed by atoms with E-state index >= 15 is 0 Å². The first-order valence-corrected chi connectivity index (χ1v) is 8.33. The molecule has 0 aliphatic rings. The van der Waals surface area contributed by atoms with Crippen LogP contribution < -0.4 is 10.2 Å². The molecule has 0 saturated heterocycles. The molecule has 0 aliphatic heterocycles. The third-order valence-corrected chi connectivity index (χ3v) is 4.58. The summed E-state index contributed by atoms with van der Waals surface area (Å²) in [5.74, 6) is 0.691. The first-order valence-electron chi connectivity index (χ1n) is 7.51. The van der Waals surface area contributed by atoms with Gasteiger partial charge in [-0.3, -0.25) is 0 Å². The van der Waals surface area contributed by atoms with Gasteiger partial charge < -0.3 is 15.0 Å². The first kappa shape index (κ1) is 17.4. The van der Waals surface area contributed by atoms with Crippen LogP contribution >= 0.6 is 11.3 Å². The molecule has 0 fully saturated rings. The van der Waals surface area contributed by atoms with Gasteiger partial charge in [0.05, 0.1) is 12.3 Å². The SMILES string of the molecule is CCCNCc1sc(N(C)CC(C)CC)nc1COC. The average Bonchev–Trinajstić information content (AvgIpc) is 2.83. The smallest absolute Gasteiger partial charge is 0.185 e. The minimum atomic E-state index is 0.594. The third-order valence-electron chi connectivity index (χ3n) is 3.37. The summed E-state index contributed by atoms with van der Waals surface area (Å²) in [5.41, 5.74) is 1.08. The molecule has 1 aromatic rings. The molecule has 1 atom stereocenters. The Balaban J connectivity index is 2.73. The molecule has 20 heavy (non-hydrogen) atoms. The molecule has 1 N–H and O–H groups in total. The van der Waals surface area contributed by atoms with E-state index in [0.29, 0.717) is 12.5 Å². The van der Waals surface area contributed by atoms with Gasteiger partial charge in [-0.25, -0.2) is 4.98 Å². The minimum Gasteiger partial charge on any atom is -0.378 e. The minimum absolute atomic E-state index is 0.594. The Morgan fingerprint density at radius 2 is 2.15 bits per heavy atom. The highest BCUT2D eigenvalue weighted by molar-refractivity contribution is 7.15. The topological polar surface area (TPSA) is 37.4 Å². The van der Waals surface area contributed by atoms with E-state index in [1.54, 1.807) is 18.4 Å². The van der Waals surface area contributed by atoms with E-state index in [2.05, 4.69) is 38.0 Å². The van der Waals surface area contributed by atoms with Crippen molar-refractivity contribution in [2.75, 3.05) is 32.1 Å². The zero-order chi connectivity index (χ0) is 15.0. The quantitative estimate of drug-likeness (QED) is 0.673.